The van der Waals surface area contributed by atoms with Gasteiger partial charge in [-0.05, 0) is 43.2 Å². The first-order valence-corrected chi connectivity index (χ1v) is 14.5. The molecule has 2 heterocycles. The van der Waals surface area contributed by atoms with Crippen molar-refractivity contribution in [1.29, 1.82) is 0 Å². The standard InChI is InChI=1S/C33H29N3O2S/c1-3-35-30-17-11-10-16-28(30)29-23-36(34-39(37,38)27-20-18-24(2)19-21-27)31(22-25-12-6-4-7-13-25)32(33(29)35)26-14-8-5-9-15-26/h4-21,23H,3,22H2,1-2H3. The van der Waals surface area contributed by atoms with E-state index in [2.05, 4.69) is 52.7 Å². The Morgan fingerprint density at radius 3 is 2.10 bits per heavy atom. The SMILES string of the molecule is CCn1c2ccccc2c2c[n+]([N-]S(=O)(=O)c3ccc(C)cc3)c(Cc3ccccc3)c(-c3ccccc3)c21. The molecule has 6 heteroatoms. The number of fused-ring (bicyclic) bond motifs is 3. The zero-order chi connectivity index (χ0) is 27.0. The van der Waals surface area contributed by atoms with Crippen LogP contribution in [0.3, 0.4) is 0 Å². The first kappa shape index (κ1) is 24.9. The highest BCUT2D eigenvalue weighted by Crippen LogP contribution is 2.38. The second-order valence-corrected chi connectivity index (χ2v) is 11.3. The Morgan fingerprint density at radius 1 is 0.769 bits per heavy atom. The summed E-state index contributed by atoms with van der Waals surface area (Å²) < 4.78 is 31.2. The molecular weight excluding hydrogens is 502 g/mol. The van der Waals surface area contributed by atoms with Crippen LogP contribution in [0.4, 0.5) is 0 Å². The highest BCUT2D eigenvalue weighted by Gasteiger charge is 2.26. The third-order valence-electron chi connectivity index (χ3n) is 7.17. The maximum atomic E-state index is 13.6. The van der Waals surface area contributed by atoms with Gasteiger partial charge in [0, 0.05) is 17.4 Å². The second kappa shape index (κ2) is 10.0. The van der Waals surface area contributed by atoms with E-state index >= 15 is 0 Å². The third kappa shape index (κ3) is 4.57. The van der Waals surface area contributed by atoms with Crippen LogP contribution in [0.25, 0.3) is 37.8 Å². The summed E-state index contributed by atoms with van der Waals surface area (Å²) in [4.78, 5) is 4.61. The van der Waals surface area contributed by atoms with Crippen molar-refractivity contribution in [2.75, 3.05) is 0 Å². The Labute approximate surface area is 229 Å². The van der Waals surface area contributed by atoms with Gasteiger partial charge in [-0.2, -0.15) is 0 Å². The van der Waals surface area contributed by atoms with Gasteiger partial charge in [0.2, 0.25) is 0 Å². The molecule has 0 amide bonds. The minimum absolute atomic E-state index is 0.170. The maximum absolute atomic E-state index is 13.6. The Kier molecular flexibility index (Phi) is 6.41. The van der Waals surface area contributed by atoms with E-state index in [1.807, 2.05) is 61.7 Å². The number of para-hydroxylation sites is 1. The Bertz CT molecular complexity index is 1890. The number of aromatic nitrogens is 2. The van der Waals surface area contributed by atoms with Crippen molar-refractivity contribution < 1.29 is 13.1 Å². The van der Waals surface area contributed by atoms with Gasteiger partial charge in [-0.3, -0.25) is 0 Å². The van der Waals surface area contributed by atoms with Crippen molar-refractivity contribution in [3.05, 3.63) is 137 Å². The van der Waals surface area contributed by atoms with E-state index in [9.17, 15) is 8.42 Å². The average Bonchev–Trinajstić information content (AvgIpc) is 3.27. The molecule has 0 aliphatic rings. The topological polar surface area (TPSA) is 57.1 Å². The molecule has 0 spiro atoms. The molecule has 39 heavy (non-hydrogen) atoms. The fraction of sp³-hybridized carbons (Fsp3) is 0.121. The first-order chi connectivity index (χ1) is 19.0. The van der Waals surface area contributed by atoms with E-state index in [0.717, 1.165) is 56.3 Å². The predicted molar refractivity (Wildman–Crippen MR) is 157 cm³/mol. The van der Waals surface area contributed by atoms with Crippen LogP contribution in [0, 0.1) is 6.92 Å². The zero-order valence-electron chi connectivity index (χ0n) is 22.0. The Morgan fingerprint density at radius 2 is 1.41 bits per heavy atom. The lowest BCUT2D eigenvalue weighted by Crippen LogP contribution is -2.38. The van der Waals surface area contributed by atoms with Crippen molar-refractivity contribution in [3.8, 4) is 11.1 Å². The third-order valence-corrected chi connectivity index (χ3v) is 8.43. The molecule has 4 aromatic carbocycles. The lowest BCUT2D eigenvalue weighted by Gasteiger charge is -2.21. The smallest absolute Gasteiger partial charge is 0.192 e. The summed E-state index contributed by atoms with van der Waals surface area (Å²) >= 11 is 0. The van der Waals surface area contributed by atoms with Crippen molar-refractivity contribution >= 4 is 31.8 Å². The molecule has 0 saturated heterocycles. The highest BCUT2D eigenvalue weighted by molar-refractivity contribution is 7.93. The van der Waals surface area contributed by atoms with Gasteiger partial charge in [0.15, 0.2) is 21.9 Å². The minimum Gasteiger partial charge on any atom is -0.340 e. The summed E-state index contributed by atoms with van der Waals surface area (Å²) in [5, 5.41) is 2.03. The number of rotatable bonds is 7. The zero-order valence-corrected chi connectivity index (χ0v) is 22.8. The molecule has 0 atom stereocenters. The molecule has 0 radical (unpaired) electrons. The first-order valence-electron chi connectivity index (χ1n) is 13.1. The number of hydrogen-bond acceptors (Lipinski definition) is 2. The van der Waals surface area contributed by atoms with E-state index in [4.69, 9.17) is 0 Å². The van der Waals surface area contributed by atoms with Crippen LogP contribution in [-0.2, 0) is 23.0 Å². The molecule has 0 fully saturated rings. The number of aryl methyl sites for hydroxylation is 2. The van der Waals surface area contributed by atoms with Gasteiger partial charge in [0.25, 0.3) is 0 Å². The number of hydrogen-bond donors (Lipinski definition) is 0. The molecule has 0 aliphatic carbocycles. The van der Waals surface area contributed by atoms with Crippen LogP contribution in [0.15, 0.2) is 120 Å². The summed E-state index contributed by atoms with van der Waals surface area (Å²) in [6.07, 6.45) is 2.40. The molecule has 5 nitrogen and oxygen atoms in total. The molecular formula is C33H29N3O2S. The minimum atomic E-state index is -3.98. The summed E-state index contributed by atoms with van der Waals surface area (Å²) in [6, 6.07) is 35.4. The monoisotopic (exact) mass is 531 g/mol. The van der Waals surface area contributed by atoms with Crippen LogP contribution in [0.1, 0.15) is 23.7 Å². The fourth-order valence-corrected chi connectivity index (χ4v) is 6.27. The highest BCUT2D eigenvalue weighted by atomic mass is 32.2. The Balaban J connectivity index is 1.70. The van der Waals surface area contributed by atoms with Crippen LogP contribution < -0.4 is 4.68 Å². The summed E-state index contributed by atoms with van der Waals surface area (Å²) in [7, 11) is -3.98. The van der Waals surface area contributed by atoms with Gasteiger partial charge >= 0.3 is 0 Å². The van der Waals surface area contributed by atoms with Crippen LogP contribution in [0.2, 0.25) is 0 Å². The van der Waals surface area contributed by atoms with Gasteiger partial charge in [-0.15, -0.1) is 0 Å². The van der Waals surface area contributed by atoms with Crippen LogP contribution >= 0.6 is 0 Å². The molecule has 0 saturated carbocycles. The number of nitrogens with zero attached hydrogens (tertiary/aromatic N) is 3. The van der Waals surface area contributed by atoms with Gasteiger partial charge in [-0.25, -0.2) is 13.1 Å². The second-order valence-electron chi connectivity index (χ2n) is 9.72. The number of pyridine rings is 1. The maximum Gasteiger partial charge on any atom is 0.192 e. The van der Waals surface area contributed by atoms with Crippen LogP contribution in [0.5, 0.6) is 0 Å². The molecule has 0 aliphatic heterocycles. The van der Waals surface area contributed by atoms with Gasteiger partial charge < -0.3 is 9.40 Å². The molecule has 6 rings (SSSR count). The number of benzene rings is 4. The summed E-state index contributed by atoms with van der Waals surface area (Å²) in [5.41, 5.74) is 7.07. The summed E-state index contributed by atoms with van der Waals surface area (Å²) in [5.74, 6) is 0. The Hall–Kier alpha value is -4.42. The molecule has 2 aromatic heterocycles. The predicted octanol–water partition coefficient (Wildman–Crippen LogP) is 7.19. The molecule has 0 bridgehead atoms. The lowest BCUT2D eigenvalue weighted by atomic mass is 9.97. The van der Waals surface area contributed by atoms with Crippen molar-refractivity contribution in [3.63, 3.8) is 0 Å². The van der Waals surface area contributed by atoms with E-state index in [1.54, 1.807) is 28.9 Å². The van der Waals surface area contributed by atoms with E-state index < -0.39 is 10.0 Å². The van der Waals surface area contributed by atoms with Gasteiger partial charge in [-0.1, -0.05) is 96.6 Å². The normalized spacial score (nSPS) is 11.7. The van der Waals surface area contributed by atoms with Crippen molar-refractivity contribution in [1.82, 2.24) is 4.57 Å². The average molecular weight is 532 g/mol. The van der Waals surface area contributed by atoms with E-state index in [0.29, 0.717) is 6.42 Å². The van der Waals surface area contributed by atoms with Gasteiger partial charge in [0.05, 0.1) is 27.8 Å². The van der Waals surface area contributed by atoms with Crippen molar-refractivity contribution in [2.24, 2.45) is 0 Å². The molecule has 194 valence electrons. The molecule has 0 N–H and O–H groups in total. The molecule has 6 aromatic rings. The summed E-state index contributed by atoms with van der Waals surface area (Å²) in [6.45, 7) is 4.85. The van der Waals surface area contributed by atoms with E-state index in [-0.39, 0.29) is 4.90 Å². The number of sulfonamides is 1. The molecule has 0 unspecified atom stereocenters. The fourth-order valence-electron chi connectivity index (χ4n) is 5.32. The quantitative estimate of drug-likeness (QED) is 0.205. The largest absolute Gasteiger partial charge is 0.340 e. The lowest BCUT2D eigenvalue weighted by molar-refractivity contribution is -0.619. The van der Waals surface area contributed by atoms with E-state index in [1.165, 1.54) is 0 Å². The van der Waals surface area contributed by atoms with Gasteiger partial charge in [0.1, 0.15) is 0 Å². The van der Waals surface area contributed by atoms with Crippen molar-refractivity contribution in [2.45, 2.75) is 31.7 Å². The van der Waals surface area contributed by atoms with Crippen LogP contribution in [-0.4, -0.2) is 13.0 Å².